The van der Waals surface area contributed by atoms with E-state index in [2.05, 4.69) is 41.5 Å². The summed E-state index contributed by atoms with van der Waals surface area (Å²) in [5.74, 6) is 4.06. The number of carbonyl (C=O) groups excluding carboxylic acids is 1. The van der Waals surface area contributed by atoms with E-state index in [0.717, 1.165) is 24.8 Å². The number of fused-ring (bicyclic) bond motifs is 2. The van der Waals surface area contributed by atoms with Gasteiger partial charge in [0.2, 0.25) is 5.91 Å². The van der Waals surface area contributed by atoms with Crippen molar-refractivity contribution in [2.75, 3.05) is 18.8 Å². The monoisotopic (exact) mass is 384 g/mol. The SMILES string of the molecule is CC(C)(c1ncc2c(SCC3CCC3)cccn12)N1CC2C(C1)C2C(N)=O. The Hall–Kier alpha value is -1.53. The second kappa shape index (κ2) is 6.24. The van der Waals surface area contributed by atoms with Crippen molar-refractivity contribution >= 4 is 23.2 Å². The summed E-state index contributed by atoms with van der Waals surface area (Å²) in [6, 6.07) is 4.36. The van der Waals surface area contributed by atoms with Crippen LogP contribution in [0, 0.1) is 23.7 Å². The van der Waals surface area contributed by atoms with Gasteiger partial charge in [0.25, 0.3) is 0 Å². The Morgan fingerprint density at radius 3 is 2.70 bits per heavy atom. The van der Waals surface area contributed by atoms with Crippen molar-refractivity contribution in [2.24, 2.45) is 29.4 Å². The smallest absolute Gasteiger partial charge is 0.221 e. The lowest BCUT2D eigenvalue weighted by Crippen LogP contribution is -2.43. The van der Waals surface area contributed by atoms with Crippen LogP contribution in [0.1, 0.15) is 38.9 Å². The quantitative estimate of drug-likeness (QED) is 0.777. The molecule has 0 bridgehead atoms. The highest BCUT2D eigenvalue weighted by Gasteiger charge is 2.60. The van der Waals surface area contributed by atoms with Gasteiger partial charge in [-0.25, -0.2) is 4.98 Å². The second-order valence-corrected chi connectivity index (χ2v) is 10.1. The van der Waals surface area contributed by atoms with Gasteiger partial charge in [0, 0.05) is 35.9 Å². The summed E-state index contributed by atoms with van der Waals surface area (Å²) >= 11 is 1.98. The summed E-state index contributed by atoms with van der Waals surface area (Å²) in [5, 5.41) is 0. The molecule has 2 aromatic heterocycles. The zero-order valence-corrected chi connectivity index (χ0v) is 16.9. The number of amides is 1. The van der Waals surface area contributed by atoms with Crippen LogP contribution < -0.4 is 5.73 Å². The van der Waals surface area contributed by atoms with Crippen molar-refractivity contribution in [1.82, 2.24) is 14.3 Å². The van der Waals surface area contributed by atoms with Gasteiger partial charge in [-0.2, -0.15) is 0 Å². The lowest BCUT2D eigenvalue weighted by atomic mass is 9.87. The Morgan fingerprint density at radius 1 is 1.33 bits per heavy atom. The maximum atomic E-state index is 11.5. The molecule has 0 aromatic carbocycles. The predicted octanol–water partition coefficient (Wildman–Crippen LogP) is 3.12. The first-order chi connectivity index (χ1) is 13.0. The lowest BCUT2D eigenvalue weighted by Gasteiger charge is -2.36. The zero-order valence-electron chi connectivity index (χ0n) is 16.1. The highest BCUT2D eigenvalue weighted by molar-refractivity contribution is 7.99. The largest absolute Gasteiger partial charge is 0.369 e. The molecule has 2 unspecified atom stereocenters. The molecule has 1 amide bonds. The lowest BCUT2D eigenvalue weighted by molar-refractivity contribution is -0.120. The number of pyridine rings is 1. The summed E-state index contributed by atoms with van der Waals surface area (Å²) in [6.45, 7) is 6.38. The fourth-order valence-electron chi connectivity index (χ4n) is 4.98. The summed E-state index contributed by atoms with van der Waals surface area (Å²) < 4.78 is 2.26. The Kier molecular flexibility index (Phi) is 4.06. The topological polar surface area (TPSA) is 63.6 Å². The first-order valence-corrected chi connectivity index (χ1v) is 11.1. The molecule has 2 atom stereocenters. The Balaban J connectivity index is 1.37. The van der Waals surface area contributed by atoms with E-state index >= 15 is 0 Å². The van der Waals surface area contributed by atoms with Crippen molar-refractivity contribution in [3.8, 4) is 0 Å². The molecule has 0 radical (unpaired) electrons. The van der Waals surface area contributed by atoms with Crippen LogP contribution in [0.3, 0.4) is 0 Å². The van der Waals surface area contributed by atoms with Crippen molar-refractivity contribution in [1.29, 1.82) is 0 Å². The number of likely N-dealkylation sites (tertiary alicyclic amines) is 1. The van der Waals surface area contributed by atoms with Crippen LogP contribution in [0.4, 0.5) is 0 Å². The van der Waals surface area contributed by atoms with Crippen LogP contribution in [-0.2, 0) is 10.3 Å². The second-order valence-electron chi connectivity index (χ2n) is 9.04. The van der Waals surface area contributed by atoms with Crippen LogP contribution in [0.2, 0.25) is 0 Å². The van der Waals surface area contributed by atoms with Crippen LogP contribution in [0.15, 0.2) is 29.4 Å². The molecular weight excluding hydrogens is 356 g/mol. The van der Waals surface area contributed by atoms with Gasteiger partial charge in [-0.3, -0.25) is 9.69 Å². The number of thioether (sulfide) groups is 1. The molecule has 6 heteroatoms. The van der Waals surface area contributed by atoms with Crippen LogP contribution >= 0.6 is 11.8 Å². The standard InChI is InChI=1S/C21H28N4OS/c1-21(2,24-10-14-15(11-24)18(14)19(22)26)20-23-9-16-17(7-4-8-25(16)20)27-12-13-5-3-6-13/h4,7-9,13-15,18H,3,5-6,10-12H2,1-2H3,(H2,22,26). The van der Waals surface area contributed by atoms with Gasteiger partial charge in [-0.05, 0) is 56.6 Å². The first kappa shape index (κ1) is 17.6. The minimum Gasteiger partial charge on any atom is -0.369 e. The average Bonchev–Trinajstić information content (AvgIpc) is 2.96. The number of rotatable bonds is 6. The number of nitrogens with zero attached hydrogens (tertiary/aromatic N) is 3. The zero-order chi connectivity index (χ0) is 18.8. The number of hydrogen-bond acceptors (Lipinski definition) is 4. The molecule has 0 spiro atoms. The van der Waals surface area contributed by atoms with Gasteiger partial charge in [-0.1, -0.05) is 6.42 Å². The fourth-order valence-corrected chi connectivity index (χ4v) is 6.21. The van der Waals surface area contributed by atoms with Crippen LogP contribution in [0.5, 0.6) is 0 Å². The summed E-state index contributed by atoms with van der Waals surface area (Å²) in [7, 11) is 0. The van der Waals surface area contributed by atoms with Gasteiger partial charge in [0.1, 0.15) is 5.82 Å². The van der Waals surface area contributed by atoms with Crippen LogP contribution in [-0.4, -0.2) is 39.0 Å². The molecule has 27 heavy (non-hydrogen) atoms. The number of primary amides is 1. The van der Waals surface area contributed by atoms with E-state index in [0.29, 0.717) is 11.8 Å². The molecule has 144 valence electrons. The summed E-state index contributed by atoms with van der Waals surface area (Å²) in [6.07, 6.45) is 8.34. The Bertz CT molecular complexity index is 875. The van der Waals surface area contributed by atoms with Gasteiger partial charge < -0.3 is 10.1 Å². The number of imidazole rings is 1. The molecule has 3 fully saturated rings. The molecule has 2 N–H and O–H groups in total. The van der Waals surface area contributed by atoms with Crippen molar-refractivity contribution in [3.05, 3.63) is 30.4 Å². The number of carbonyl (C=O) groups is 1. The molecular formula is C21H28N4OS. The molecule has 3 heterocycles. The van der Waals surface area contributed by atoms with E-state index in [-0.39, 0.29) is 17.4 Å². The van der Waals surface area contributed by atoms with Crippen molar-refractivity contribution < 1.29 is 4.79 Å². The van der Waals surface area contributed by atoms with Gasteiger partial charge in [0.15, 0.2) is 0 Å². The Morgan fingerprint density at radius 2 is 2.07 bits per heavy atom. The first-order valence-electron chi connectivity index (χ1n) is 10.1. The molecule has 1 aliphatic heterocycles. The van der Waals surface area contributed by atoms with E-state index in [1.807, 2.05) is 18.0 Å². The molecule has 5 rings (SSSR count). The minimum absolute atomic E-state index is 0.101. The molecule has 1 saturated heterocycles. The normalized spacial score (nSPS) is 28.3. The van der Waals surface area contributed by atoms with Crippen molar-refractivity contribution in [3.63, 3.8) is 0 Å². The van der Waals surface area contributed by atoms with Gasteiger partial charge in [-0.15, -0.1) is 11.8 Å². The van der Waals surface area contributed by atoms with E-state index in [9.17, 15) is 4.79 Å². The third-order valence-electron chi connectivity index (χ3n) is 7.09. The van der Waals surface area contributed by atoms with Gasteiger partial charge in [0.05, 0.1) is 17.3 Å². The van der Waals surface area contributed by atoms with E-state index < -0.39 is 0 Å². The van der Waals surface area contributed by atoms with Crippen LogP contribution in [0.25, 0.3) is 5.52 Å². The molecule has 3 aliphatic rings. The summed E-state index contributed by atoms with van der Waals surface area (Å²) in [5.41, 5.74) is 6.56. The van der Waals surface area contributed by atoms with E-state index in [1.54, 1.807) is 0 Å². The molecule has 2 aliphatic carbocycles. The number of nitrogens with two attached hydrogens (primary N) is 1. The predicted molar refractivity (Wildman–Crippen MR) is 108 cm³/mol. The van der Waals surface area contributed by atoms with Crippen molar-refractivity contribution in [2.45, 2.75) is 43.5 Å². The summed E-state index contributed by atoms with van der Waals surface area (Å²) in [4.78, 5) is 20.1. The maximum Gasteiger partial charge on any atom is 0.221 e. The minimum atomic E-state index is -0.167. The molecule has 2 aromatic rings. The van der Waals surface area contributed by atoms with E-state index in [1.165, 1.54) is 35.4 Å². The highest BCUT2D eigenvalue weighted by atomic mass is 32.2. The number of aromatic nitrogens is 2. The average molecular weight is 385 g/mol. The fraction of sp³-hybridized carbons (Fsp3) is 0.619. The molecule has 2 saturated carbocycles. The maximum absolute atomic E-state index is 11.5. The Labute approximate surface area is 164 Å². The molecule has 5 nitrogen and oxygen atoms in total. The third kappa shape index (κ3) is 2.80. The number of piperidine rings is 1. The highest BCUT2D eigenvalue weighted by Crippen LogP contribution is 2.54. The third-order valence-corrected chi connectivity index (χ3v) is 8.39. The van der Waals surface area contributed by atoms with Gasteiger partial charge >= 0.3 is 0 Å². The van der Waals surface area contributed by atoms with E-state index in [4.69, 9.17) is 10.7 Å². The number of hydrogen-bond donors (Lipinski definition) is 1.